The van der Waals surface area contributed by atoms with E-state index < -0.39 is 8.48 Å². The Kier molecular flexibility index (Phi) is 5.82. The summed E-state index contributed by atoms with van der Waals surface area (Å²) in [6.07, 6.45) is 6.43. The van der Waals surface area contributed by atoms with Crippen LogP contribution in [0.3, 0.4) is 0 Å². The maximum absolute atomic E-state index is 5.73. The van der Waals surface area contributed by atoms with Crippen molar-refractivity contribution in [2.75, 3.05) is 26.7 Å². The second-order valence-electron chi connectivity index (χ2n) is 4.67. The molecule has 0 aromatic rings. The van der Waals surface area contributed by atoms with Crippen LogP contribution in [0.4, 0.5) is 0 Å². The van der Waals surface area contributed by atoms with Gasteiger partial charge in [-0.2, -0.15) is 0 Å². The maximum atomic E-state index is 5.73. The molecule has 0 aromatic heterocycles. The lowest BCUT2D eigenvalue weighted by Gasteiger charge is -2.31. The highest BCUT2D eigenvalue weighted by molar-refractivity contribution is 6.70. The molecule has 1 aliphatic heterocycles. The molecule has 0 aliphatic carbocycles. The van der Waals surface area contributed by atoms with Crippen molar-refractivity contribution in [1.82, 2.24) is 4.57 Å². The average Bonchev–Trinajstić information content (AvgIpc) is 2.61. The van der Waals surface area contributed by atoms with Gasteiger partial charge >= 0.3 is 0 Å². The van der Waals surface area contributed by atoms with Crippen molar-refractivity contribution >= 4 is 8.48 Å². The fraction of sp³-hybridized carbons (Fsp3) is 1.00. The van der Waals surface area contributed by atoms with Crippen molar-refractivity contribution in [2.45, 2.75) is 44.7 Å². The van der Waals surface area contributed by atoms with Crippen LogP contribution in [0.2, 0.25) is 12.6 Å². The van der Waals surface area contributed by atoms with Crippen molar-refractivity contribution in [2.24, 2.45) is 5.73 Å². The first-order valence-electron chi connectivity index (χ1n) is 6.23. The van der Waals surface area contributed by atoms with Gasteiger partial charge in [0.05, 0.1) is 0 Å². The Morgan fingerprint density at radius 1 is 1.27 bits per heavy atom. The molecule has 0 amide bonds. The molecule has 2 N–H and O–H groups in total. The van der Waals surface area contributed by atoms with Crippen LogP contribution in [0.5, 0.6) is 0 Å². The van der Waals surface area contributed by atoms with Crippen LogP contribution in [0.1, 0.15) is 32.1 Å². The Balaban J connectivity index is 2.15. The van der Waals surface area contributed by atoms with Crippen molar-refractivity contribution in [1.29, 1.82) is 0 Å². The first-order chi connectivity index (χ1) is 7.23. The maximum Gasteiger partial charge on any atom is 0.267 e. The van der Waals surface area contributed by atoms with Gasteiger partial charge in [-0.05, 0) is 51.5 Å². The molecule has 0 spiro atoms. The van der Waals surface area contributed by atoms with Gasteiger partial charge in [0.1, 0.15) is 0 Å². The van der Waals surface area contributed by atoms with Crippen LogP contribution in [-0.2, 0) is 4.43 Å². The van der Waals surface area contributed by atoms with Crippen molar-refractivity contribution < 1.29 is 4.43 Å². The van der Waals surface area contributed by atoms with Gasteiger partial charge in [0.25, 0.3) is 8.48 Å². The van der Waals surface area contributed by atoms with Crippen molar-refractivity contribution in [3.05, 3.63) is 0 Å². The zero-order chi connectivity index (χ0) is 11.1. The fourth-order valence-corrected chi connectivity index (χ4v) is 5.23. The molecule has 0 saturated carbocycles. The molecule has 4 heteroatoms. The lowest BCUT2D eigenvalue weighted by atomic mass is 10.2. The zero-order valence-electron chi connectivity index (χ0n) is 10.3. The molecule has 0 bridgehead atoms. The molecule has 3 nitrogen and oxygen atoms in total. The van der Waals surface area contributed by atoms with E-state index in [1.165, 1.54) is 51.2 Å². The molecule has 15 heavy (non-hydrogen) atoms. The molecule has 0 aromatic carbocycles. The molecule has 1 fully saturated rings. The molecule has 1 heterocycles. The summed E-state index contributed by atoms with van der Waals surface area (Å²) in [4.78, 5) is 0. The largest absolute Gasteiger partial charge is 0.406 e. The van der Waals surface area contributed by atoms with E-state index in [4.69, 9.17) is 10.2 Å². The van der Waals surface area contributed by atoms with Crippen LogP contribution in [-0.4, -0.2) is 39.8 Å². The molecular weight excluding hydrogens is 204 g/mol. The predicted molar refractivity (Wildman–Crippen MR) is 67.1 cm³/mol. The Morgan fingerprint density at radius 3 is 2.67 bits per heavy atom. The molecule has 0 radical (unpaired) electrons. The van der Waals surface area contributed by atoms with Gasteiger partial charge in [-0.15, -0.1) is 0 Å². The third-order valence-corrected chi connectivity index (χ3v) is 7.51. The summed E-state index contributed by atoms with van der Waals surface area (Å²) in [6, 6.07) is 1.31. The third-order valence-electron chi connectivity index (χ3n) is 3.56. The van der Waals surface area contributed by atoms with E-state index in [1.807, 2.05) is 7.11 Å². The second-order valence-corrected chi connectivity index (χ2v) is 8.56. The number of unbranched alkanes of at least 4 members (excludes halogenated alkanes) is 3. The van der Waals surface area contributed by atoms with Gasteiger partial charge in [-0.25, -0.2) is 0 Å². The Labute approximate surface area is 95.2 Å². The number of hydrogen-bond acceptors (Lipinski definition) is 3. The molecule has 1 unspecified atom stereocenters. The average molecular weight is 230 g/mol. The van der Waals surface area contributed by atoms with Gasteiger partial charge < -0.3 is 14.7 Å². The first kappa shape index (κ1) is 13.2. The van der Waals surface area contributed by atoms with E-state index in [-0.39, 0.29) is 0 Å². The highest BCUT2D eigenvalue weighted by atomic mass is 28.4. The summed E-state index contributed by atoms with van der Waals surface area (Å²) in [5, 5.41) is 0. The summed E-state index contributed by atoms with van der Waals surface area (Å²) < 4.78 is 8.35. The molecule has 1 saturated heterocycles. The normalized spacial score (nSPS) is 27.4. The topological polar surface area (TPSA) is 38.5 Å². The van der Waals surface area contributed by atoms with Crippen molar-refractivity contribution in [3.8, 4) is 0 Å². The number of nitrogens with zero attached hydrogens (tertiary/aromatic N) is 1. The van der Waals surface area contributed by atoms with Gasteiger partial charge in [0.2, 0.25) is 0 Å². The zero-order valence-corrected chi connectivity index (χ0v) is 11.3. The standard InChI is InChI=1S/C11H26N2OSi/c1-14-15(2)11-7-10-13(15)9-6-4-3-5-8-12/h3-12H2,1-2H3. The van der Waals surface area contributed by atoms with E-state index in [0.717, 1.165) is 6.54 Å². The molecule has 1 atom stereocenters. The monoisotopic (exact) mass is 230 g/mol. The number of hydrogen-bond donors (Lipinski definition) is 1. The predicted octanol–water partition coefficient (Wildman–Crippen LogP) is 1.93. The first-order valence-corrected chi connectivity index (χ1v) is 8.79. The van der Waals surface area contributed by atoms with Gasteiger partial charge in [0, 0.05) is 7.11 Å². The molecule has 1 rings (SSSR count). The number of nitrogens with two attached hydrogens (primary N) is 1. The Bertz CT molecular complexity index is 180. The summed E-state index contributed by atoms with van der Waals surface area (Å²) in [6.45, 7) is 5.68. The smallest absolute Gasteiger partial charge is 0.267 e. The van der Waals surface area contributed by atoms with Gasteiger partial charge in [-0.3, -0.25) is 0 Å². The van der Waals surface area contributed by atoms with E-state index in [0.29, 0.717) is 0 Å². The quantitative estimate of drug-likeness (QED) is 0.536. The molecule has 90 valence electrons. The van der Waals surface area contributed by atoms with E-state index in [1.54, 1.807) is 0 Å². The molecular formula is C11H26N2OSi. The summed E-state index contributed by atoms with van der Waals surface area (Å²) in [5.74, 6) is 0. The summed E-state index contributed by atoms with van der Waals surface area (Å²) >= 11 is 0. The Morgan fingerprint density at radius 2 is 2.00 bits per heavy atom. The highest BCUT2D eigenvalue weighted by Gasteiger charge is 2.39. The van der Waals surface area contributed by atoms with Crippen LogP contribution in [0, 0.1) is 0 Å². The van der Waals surface area contributed by atoms with Crippen LogP contribution in [0.25, 0.3) is 0 Å². The minimum Gasteiger partial charge on any atom is -0.406 e. The van der Waals surface area contributed by atoms with Gasteiger partial charge in [0.15, 0.2) is 0 Å². The highest BCUT2D eigenvalue weighted by Crippen LogP contribution is 2.26. The fourth-order valence-electron chi connectivity index (χ4n) is 2.37. The van der Waals surface area contributed by atoms with E-state index in [2.05, 4.69) is 11.1 Å². The summed E-state index contributed by atoms with van der Waals surface area (Å²) in [7, 11) is 0.438. The molecule has 1 aliphatic rings. The van der Waals surface area contributed by atoms with Crippen LogP contribution in [0.15, 0.2) is 0 Å². The van der Waals surface area contributed by atoms with E-state index >= 15 is 0 Å². The van der Waals surface area contributed by atoms with Crippen LogP contribution >= 0.6 is 0 Å². The minimum absolute atomic E-state index is 0.842. The van der Waals surface area contributed by atoms with Gasteiger partial charge in [-0.1, -0.05) is 12.8 Å². The number of rotatable bonds is 7. The lowest BCUT2D eigenvalue weighted by molar-refractivity contribution is 0.311. The Hall–Kier alpha value is 0.0969. The lowest BCUT2D eigenvalue weighted by Crippen LogP contribution is -2.48. The minimum atomic E-state index is -1.45. The van der Waals surface area contributed by atoms with Crippen LogP contribution < -0.4 is 5.73 Å². The SMILES string of the molecule is CO[Si]1(C)CCCN1CCCCCCN. The van der Waals surface area contributed by atoms with Crippen molar-refractivity contribution in [3.63, 3.8) is 0 Å². The second kappa shape index (κ2) is 6.63. The van der Waals surface area contributed by atoms with E-state index in [9.17, 15) is 0 Å². The summed E-state index contributed by atoms with van der Waals surface area (Å²) in [5.41, 5.74) is 5.47. The third kappa shape index (κ3) is 3.87.